The summed E-state index contributed by atoms with van der Waals surface area (Å²) in [4.78, 5) is 11.9. The van der Waals surface area contributed by atoms with E-state index in [1.54, 1.807) is 30.7 Å². The highest BCUT2D eigenvalue weighted by Crippen LogP contribution is 2.40. The van der Waals surface area contributed by atoms with E-state index in [1.165, 1.54) is 0 Å². The van der Waals surface area contributed by atoms with E-state index in [1.807, 2.05) is 41.5 Å². The van der Waals surface area contributed by atoms with Crippen molar-refractivity contribution in [3.63, 3.8) is 0 Å². The van der Waals surface area contributed by atoms with Crippen LogP contribution in [0.1, 0.15) is 69.8 Å². The zero-order valence-electron chi connectivity index (χ0n) is 16.4. The first kappa shape index (κ1) is 20.0. The Morgan fingerprint density at radius 1 is 1.12 bits per heavy atom. The van der Waals surface area contributed by atoms with E-state index < -0.39 is 12.0 Å². The van der Waals surface area contributed by atoms with Gasteiger partial charge in [-0.3, -0.25) is 10.1 Å². The molecule has 0 aliphatic rings. The van der Waals surface area contributed by atoms with Crippen LogP contribution in [-0.2, 0) is 22.2 Å². The van der Waals surface area contributed by atoms with Crippen molar-refractivity contribution in [2.45, 2.75) is 65.0 Å². The first-order valence-electron chi connectivity index (χ1n) is 8.76. The quantitative estimate of drug-likeness (QED) is 0.732. The van der Waals surface area contributed by atoms with Gasteiger partial charge in [0.15, 0.2) is 0 Å². The van der Waals surface area contributed by atoms with Gasteiger partial charge in [0.05, 0.1) is 12.5 Å². The second kappa shape index (κ2) is 7.16. The van der Waals surface area contributed by atoms with Crippen LogP contribution < -0.4 is 5.32 Å². The molecule has 0 aliphatic carbocycles. The number of carbonyl (C=O) groups is 1. The summed E-state index contributed by atoms with van der Waals surface area (Å²) in [5.74, 6) is -0.716. The fourth-order valence-corrected chi connectivity index (χ4v) is 2.93. The number of benzene rings is 1. The van der Waals surface area contributed by atoms with Gasteiger partial charge in [0, 0.05) is 12.1 Å². The smallest absolute Gasteiger partial charge is 0.325 e. The van der Waals surface area contributed by atoms with Crippen LogP contribution in [0.15, 0.2) is 35.1 Å². The maximum absolute atomic E-state index is 11.9. The number of aromatic hydroxyl groups is 1. The van der Waals surface area contributed by atoms with Crippen molar-refractivity contribution >= 4 is 5.97 Å². The molecule has 1 aromatic heterocycles. The highest BCUT2D eigenvalue weighted by Gasteiger charge is 2.30. The number of hydrogen-bond acceptors (Lipinski definition) is 4. The van der Waals surface area contributed by atoms with Crippen LogP contribution in [0.2, 0.25) is 0 Å². The second-order valence-electron chi connectivity index (χ2n) is 8.75. The summed E-state index contributed by atoms with van der Waals surface area (Å²) in [6.07, 6.45) is 3.15. The number of phenolic OH excluding ortho intramolecular Hbond substituents is 1. The largest absolute Gasteiger partial charge is 0.507 e. The number of nitrogens with one attached hydrogen (secondary N) is 1. The monoisotopic (exact) mass is 359 g/mol. The van der Waals surface area contributed by atoms with E-state index in [0.717, 1.165) is 16.7 Å². The summed E-state index contributed by atoms with van der Waals surface area (Å²) in [6.45, 7) is 12.4. The molecule has 0 saturated carbocycles. The molecule has 1 heterocycles. The van der Waals surface area contributed by atoms with Crippen molar-refractivity contribution in [2.75, 3.05) is 0 Å². The van der Waals surface area contributed by atoms with Crippen LogP contribution in [0, 0.1) is 0 Å². The van der Waals surface area contributed by atoms with Crippen LogP contribution in [0.4, 0.5) is 0 Å². The van der Waals surface area contributed by atoms with Crippen molar-refractivity contribution in [1.82, 2.24) is 5.32 Å². The molecule has 0 aliphatic heterocycles. The number of carboxylic acid groups (broad SMARTS) is 1. The average Bonchev–Trinajstić information content (AvgIpc) is 2.99. The summed E-state index contributed by atoms with van der Waals surface area (Å²) in [7, 11) is 0. The third kappa shape index (κ3) is 4.47. The molecule has 26 heavy (non-hydrogen) atoms. The fourth-order valence-electron chi connectivity index (χ4n) is 2.93. The Morgan fingerprint density at radius 3 is 2.04 bits per heavy atom. The lowest BCUT2D eigenvalue weighted by molar-refractivity contribution is -0.139. The maximum Gasteiger partial charge on any atom is 0.325 e. The number of phenols is 1. The molecule has 5 nitrogen and oxygen atoms in total. The Balaban J connectivity index is 2.52. The fraction of sp³-hybridized carbons (Fsp3) is 0.476. The molecule has 1 aromatic carbocycles. The molecule has 5 heteroatoms. The molecule has 2 rings (SSSR count). The van der Waals surface area contributed by atoms with E-state index in [-0.39, 0.29) is 16.6 Å². The van der Waals surface area contributed by atoms with E-state index in [2.05, 4.69) is 5.32 Å². The minimum atomic E-state index is -0.959. The number of hydrogen-bond donors (Lipinski definition) is 3. The van der Waals surface area contributed by atoms with Gasteiger partial charge in [-0.1, -0.05) is 41.5 Å². The molecule has 0 spiro atoms. The molecule has 0 amide bonds. The minimum Gasteiger partial charge on any atom is -0.507 e. The zero-order chi connectivity index (χ0) is 19.7. The Bertz CT molecular complexity index is 729. The lowest BCUT2D eigenvalue weighted by Gasteiger charge is -2.29. The van der Waals surface area contributed by atoms with Gasteiger partial charge >= 0.3 is 5.97 Å². The van der Waals surface area contributed by atoms with Crippen molar-refractivity contribution in [1.29, 1.82) is 0 Å². The van der Waals surface area contributed by atoms with Crippen molar-refractivity contribution in [3.05, 3.63) is 53.0 Å². The van der Waals surface area contributed by atoms with Gasteiger partial charge in [0.25, 0.3) is 0 Å². The van der Waals surface area contributed by atoms with Crippen LogP contribution >= 0.6 is 0 Å². The molecule has 142 valence electrons. The van der Waals surface area contributed by atoms with Crippen LogP contribution in [0.5, 0.6) is 5.75 Å². The molecule has 1 atom stereocenters. The molecule has 0 saturated heterocycles. The average molecular weight is 359 g/mol. The maximum atomic E-state index is 11.9. The zero-order valence-corrected chi connectivity index (χ0v) is 16.4. The Labute approximate surface area is 155 Å². The van der Waals surface area contributed by atoms with Crippen LogP contribution in [0.25, 0.3) is 0 Å². The Hall–Kier alpha value is -2.27. The minimum absolute atomic E-state index is 0.243. The topological polar surface area (TPSA) is 82.7 Å². The molecule has 2 aromatic rings. The van der Waals surface area contributed by atoms with Gasteiger partial charge in [-0.2, -0.15) is 0 Å². The van der Waals surface area contributed by atoms with E-state index in [4.69, 9.17) is 4.42 Å². The van der Waals surface area contributed by atoms with Gasteiger partial charge in [0.2, 0.25) is 0 Å². The predicted octanol–water partition coefficient (Wildman–Crippen LogP) is 4.50. The first-order valence-corrected chi connectivity index (χ1v) is 8.76. The van der Waals surface area contributed by atoms with Gasteiger partial charge < -0.3 is 14.6 Å². The van der Waals surface area contributed by atoms with Gasteiger partial charge in [-0.15, -0.1) is 0 Å². The van der Waals surface area contributed by atoms with Crippen LogP contribution in [0.3, 0.4) is 0 Å². The third-order valence-corrected chi connectivity index (χ3v) is 4.42. The normalized spacial score (nSPS) is 13.6. The number of aliphatic carboxylic acids is 1. The van der Waals surface area contributed by atoms with Crippen LogP contribution in [-0.4, -0.2) is 16.2 Å². The third-order valence-electron chi connectivity index (χ3n) is 4.42. The SMILES string of the molecule is CC(C)(C)c1cc(C(NCc2ccoc2)C(=O)O)cc(C(C)(C)C)c1O. The molecule has 0 radical (unpaired) electrons. The lowest BCUT2D eigenvalue weighted by atomic mass is 9.77. The second-order valence-corrected chi connectivity index (χ2v) is 8.75. The van der Waals surface area contributed by atoms with Crippen molar-refractivity contribution in [3.8, 4) is 5.75 Å². The molecule has 0 fully saturated rings. The number of rotatable bonds is 5. The first-order chi connectivity index (χ1) is 11.9. The Morgan fingerprint density at radius 2 is 1.65 bits per heavy atom. The number of carboxylic acids is 1. The summed E-state index contributed by atoms with van der Waals surface area (Å²) >= 11 is 0. The standard InChI is InChI=1S/C21H29NO4/c1-20(2,3)15-9-14(10-16(18(15)23)21(4,5)6)17(19(24)25)22-11-13-7-8-26-12-13/h7-10,12,17,22-23H,11H2,1-6H3,(H,24,25). The van der Waals surface area contributed by atoms with E-state index >= 15 is 0 Å². The summed E-state index contributed by atoms with van der Waals surface area (Å²) in [5, 5.41) is 23.6. The molecular formula is C21H29NO4. The van der Waals surface area contributed by atoms with Gasteiger partial charge in [-0.05, 0) is 45.7 Å². The highest BCUT2D eigenvalue weighted by molar-refractivity contribution is 5.76. The molecular weight excluding hydrogens is 330 g/mol. The summed E-state index contributed by atoms with van der Waals surface area (Å²) in [6, 6.07) is 4.51. The van der Waals surface area contributed by atoms with E-state index in [9.17, 15) is 15.0 Å². The molecule has 3 N–H and O–H groups in total. The van der Waals surface area contributed by atoms with Crippen molar-refractivity contribution < 1.29 is 19.4 Å². The Kier molecular flexibility index (Phi) is 5.52. The summed E-state index contributed by atoms with van der Waals surface area (Å²) in [5.41, 5.74) is 2.38. The molecule has 0 bridgehead atoms. The van der Waals surface area contributed by atoms with Gasteiger partial charge in [0.1, 0.15) is 11.8 Å². The number of furan rings is 1. The summed E-state index contributed by atoms with van der Waals surface area (Å²) < 4.78 is 5.04. The van der Waals surface area contributed by atoms with Gasteiger partial charge in [-0.25, -0.2) is 0 Å². The predicted molar refractivity (Wildman–Crippen MR) is 101 cm³/mol. The van der Waals surface area contributed by atoms with Crippen molar-refractivity contribution in [2.24, 2.45) is 0 Å². The lowest BCUT2D eigenvalue weighted by Crippen LogP contribution is -2.29. The highest BCUT2D eigenvalue weighted by atomic mass is 16.4. The van der Waals surface area contributed by atoms with E-state index in [0.29, 0.717) is 12.1 Å². The molecule has 1 unspecified atom stereocenters.